The number of aromatic nitrogens is 1. The zero-order chi connectivity index (χ0) is 12.3. The molecular formula is C9H12N2O4S. The number of carbonyl (C=O) groups is 1. The number of rotatable bonds is 3. The van der Waals surface area contributed by atoms with E-state index in [1.807, 2.05) is 6.92 Å². The third-order valence-corrected chi connectivity index (χ3v) is 2.43. The van der Waals surface area contributed by atoms with Crippen molar-refractivity contribution in [2.24, 2.45) is 0 Å². The Balaban J connectivity index is 3.07. The van der Waals surface area contributed by atoms with Gasteiger partial charge in [0.1, 0.15) is 5.56 Å². The first-order valence-corrected chi connectivity index (χ1v) is 6.46. The van der Waals surface area contributed by atoms with Crippen LogP contribution in [0.1, 0.15) is 23.0 Å². The van der Waals surface area contributed by atoms with Gasteiger partial charge >= 0.3 is 0 Å². The van der Waals surface area contributed by atoms with Crippen LogP contribution in [0.4, 0.5) is 0 Å². The average Bonchev–Trinajstić information content (AvgIpc) is 2.14. The lowest BCUT2D eigenvalue weighted by Crippen LogP contribution is -2.33. The van der Waals surface area contributed by atoms with Crippen molar-refractivity contribution < 1.29 is 13.2 Å². The summed E-state index contributed by atoms with van der Waals surface area (Å²) in [4.78, 5) is 25.6. The maximum atomic E-state index is 11.5. The molecule has 0 aromatic carbocycles. The summed E-state index contributed by atoms with van der Waals surface area (Å²) in [5, 5.41) is 0. The van der Waals surface area contributed by atoms with Gasteiger partial charge in [0.05, 0.1) is 6.26 Å². The van der Waals surface area contributed by atoms with Crippen LogP contribution in [0.3, 0.4) is 0 Å². The number of carbonyl (C=O) groups excluding carboxylic acids is 1. The van der Waals surface area contributed by atoms with Crippen LogP contribution in [-0.2, 0) is 16.4 Å². The van der Waals surface area contributed by atoms with E-state index in [9.17, 15) is 18.0 Å². The molecule has 1 heterocycles. The van der Waals surface area contributed by atoms with E-state index in [0.29, 0.717) is 12.1 Å². The second kappa shape index (κ2) is 4.48. The Morgan fingerprint density at radius 3 is 2.56 bits per heavy atom. The van der Waals surface area contributed by atoms with Crippen LogP contribution < -0.4 is 10.2 Å². The van der Waals surface area contributed by atoms with E-state index in [4.69, 9.17) is 0 Å². The predicted octanol–water partition coefficient (Wildman–Crippen LogP) is -0.373. The van der Waals surface area contributed by atoms with Crippen LogP contribution in [0.5, 0.6) is 0 Å². The molecule has 0 unspecified atom stereocenters. The molecule has 6 nitrogen and oxygen atoms in total. The van der Waals surface area contributed by atoms with Gasteiger partial charge in [0.15, 0.2) is 5.43 Å². The number of aryl methyl sites for hydroxylation is 1. The third kappa shape index (κ3) is 3.20. The van der Waals surface area contributed by atoms with Crippen molar-refractivity contribution in [3.05, 3.63) is 33.7 Å². The molecule has 0 saturated heterocycles. The van der Waals surface area contributed by atoms with Crippen LogP contribution >= 0.6 is 0 Å². The maximum Gasteiger partial charge on any atom is 0.270 e. The van der Waals surface area contributed by atoms with E-state index >= 15 is 0 Å². The Bertz CT molecular complexity index is 559. The summed E-state index contributed by atoms with van der Waals surface area (Å²) in [5.41, 5.74) is -0.0414. The molecule has 2 N–H and O–H groups in total. The molecule has 0 aliphatic rings. The highest BCUT2D eigenvalue weighted by atomic mass is 32.2. The maximum absolute atomic E-state index is 11.5. The minimum atomic E-state index is -3.66. The van der Waals surface area contributed by atoms with Crippen molar-refractivity contribution in [2.75, 3.05) is 6.26 Å². The van der Waals surface area contributed by atoms with Crippen molar-refractivity contribution in [3.8, 4) is 0 Å². The monoisotopic (exact) mass is 244 g/mol. The minimum absolute atomic E-state index is 0.220. The number of aromatic amines is 1. The van der Waals surface area contributed by atoms with Crippen molar-refractivity contribution in [2.45, 2.75) is 13.3 Å². The molecule has 0 aliphatic carbocycles. The Kier molecular flexibility index (Phi) is 3.48. The van der Waals surface area contributed by atoms with Crippen LogP contribution in [-0.4, -0.2) is 25.6 Å². The standard InChI is InChI=1S/C9H12N2O4S/c1-3-6-4-8(12)7(5-10-6)9(13)11-16(2,14)15/h4-5H,3H2,1-2H3,(H,10,12)(H,11,13). The lowest BCUT2D eigenvalue weighted by molar-refractivity contribution is 0.0980. The Morgan fingerprint density at radius 2 is 2.12 bits per heavy atom. The SMILES string of the molecule is CCc1cc(=O)c(C(=O)NS(C)(=O)=O)c[nH]1. The van der Waals surface area contributed by atoms with Gasteiger partial charge in [-0.1, -0.05) is 6.92 Å². The smallest absolute Gasteiger partial charge is 0.270 e. The van der Waals surface area contributed by atoms with Crippen LogP contribution in [0, 0.1) is 0 Å². The Hall–Kier alpha value is -1.63. The van der Waals surface area contributed by atoms with Gasteiger partial charge in [-0.05, 0) is 6.42 Å². The molecule has 0 bridgehead atoms. The second-order valence-corrected chi connectivity index (χ2v) is 5.04. The molecule has 0 aliphatic heterocycles. The molecular weight excluding hydrogens is 232 g/mol. The molecule has 88 valence electrons. The summed E-state index contributed by atoms with van der Waals surface area (Å²) in [6, 6.07) is 1.27. The van der Waals surface area contributed by atoms with Gasteiger partial charge < -0.3 is 4.98 Å². The average molecular weight is 244 g/mol. The topological polar surface area (TPSA) is 96.1 Å². The van der Waals surface area contributed by atoms with E-state index in [2.05, 4.69) is 4.98 Å². The van der Waals surface area contributed by atoms with Crippen molar-refractivity contribution in [1.29, 1.82) is 0 Å². The van der Waals surface area contributed by atoms with Crippen LogP contribution in [0.25, 0.3) is 0 Å². The molecule has 1 aromatic rings. The van der Waals surface area contributed by atoms with E-state index in [0.717, 1.165) is 6.26 Å². The van der Waals surface area contributed by atoms with Crippen molar-refractivity contribution >= 4 is 15.9 Å². The summed E-state index contributed by atoms with van der Waals surface area (Å²) in [6.07, 6.45) is 2.68. The van der Waals surface area contributed by atoms with E-state index in [1.54, 1.807) is 4.72 Å². The lowest BCUT2D eigenvalue weighted by Gasteiger charge is -2.02. The van der Waals surface area contributed by atoms with Crippen molar-refractivity contribution in [1.82, 2.24) is 9.71 Å². The fourth-order valence-corrected chi connectivity index (χ4v) is 1.57. The largest absolute Gasteiger partial charge is 0.364 e. The summed E-state index contributed by atoms with van der Waals surface area (Å²) >= 11 is 0. The highest BCUT2D eigenvalue weighted by Crippen LogP contribution is 1.95. The predicted molar refractivity (Wildman–Crippen MR) is 58.8 cm³/mol. The molecule has 0 fully saturated rings. The molecule has 7 heteroatoms. The zero-order valence-corrected chi connectivity index (χ0v) is 9.72. The van der Waals surface area contributed by atoms with Gasteiger partial charge in [-0.25, -0.2) is 13.1 Å². The van der Waals surface area contributed by atoms with Crippen molar-refractivity contribution in [3.63, 3.8) is 0 Å². The number of H-pyrrole nitrogens is 1. The highest BCUT2D eigenvalue weighted by molar-refractivity contribution is 7.89. The Morgan fingerprint density at radius 1 is 1.50 bits per heavy atom. The fourth-order valence-electron chi connectivity index (χ4n) is 1.12. The first kappa shape index (κ1) is 12.4. The molecule has 0 spiro atoms. The van der Waals surface area contributed by atoms with E-state index in [1.165, 1.54) is 12.3 Å². The van der Waals surface area contributed by atoms with E-state index < -0.39 is 21.4 Å². The van der Waals surface area contributed by atoms with Gasteiger partial charge in [0.25, 0.3) is 5.91 Å². The molecule has 1 amide bonds. The van der Waals surface area contributed by atoms with Gasteiger partial charge in [0, 0.05) is 18.0 Å². The van der Waals surface area contributed by atoms with Crippen LogP contribution in [0.2, 0.25) is 0 Å². The third-order valence-electron chi connectivity index (χ3n) is 1.88. The van der Waals surface area contributed by atoms with Crippen LogP contribution in [0.15, 0.2) is 17.1 Å². The van der Waals surface area contributed by atoms with Gasteiger partial charge in [-0.2, -0.15) is 0 Å². The second-order valence-electron chi connectivity index (χ2n) is 3.29. The molecule has 0 atom stereocenters. The lowest BCUT2D eigenvalue weighted by atomic mass is 10.2. The number of nitrogens with one attached hydrogen (secondary N) is 2. The first-order chi connectivity index (χ1) is 7.33. The zero-order valence-electron chi connectivity index (χ0n) is 8.90. The fraction of sp³-hybridized carbons (Fsp3) is 0.333. The quantitative estimate of drug-likeness (QED) is 0.758. The molecule has 0 radical (unpaired) electrons. The Labute approximate surface area is 92.7 Å². The van der Waals surface area contributed by atoms with E-state index in [-0.39, 0.29) is 5.56 Å². The normalized spacial score (nSPS) is 11.1. The summed E-state index contributed by atoms with van der Waals surface area (Å²) in [7, 11) is -3.66. The summed E-state index contributed by atoms with van der Waals surface area (Å²) < 4.78 is 23.3. The number of amides is 1. The van der Waals surface area contributed by atoms with Gasteiger partial charge in [-0.15, -0.1) is 0 Å². The summed E-state index contributed by atoms with van der Waals surface area (Å²) in [5.74, 6) is -0.925. The highest BCUT2D eigenvalue weighted by Gasteiger charge is 2.14. The van der Waals surface area contributed by atoms with Gasteiger partial charge in [-0.3, -0.25) is 9.59 Å². The number of pyridine rings is 1. The summed E-state index contributed by atoms with van der Waals surface area (Å²) in [6.45, 7) is 1.85. The number of hydrogen-bond acceptors (Lipinski definition) is 4. The molecule has 1 aromatic heterocycles. The number of sulfonamides is 1. The minimum Gasteiger partial charge on any atom is -0.364 e. The molecule has 1 rings (SSSR count). The molecule has 0 saturated carbocycles. The number of hydrogen-bond donors (Lipinski definition) is 2. The first-order valence-electron chi connectivity index (χ1n) is 4.57. The molecule has 16 heavy (non-hydrogen) atoms. The van der Waals surface area contributed by atoms with Gasteiger partial charge in [0.2, 0.25) is 10.0 Å².